The highest BCUT2D eigenvalue weighted by Crippen LogP contribution is 2.23. The molecule has 0 saturated carbocycles. The fraction of sp³-hybridized carbons (Fsp3) is 0.0952. The minimum atomic E-state index is -0.781. The molecule has 0 aliphatic carbocycles. The van der Waals surface area contributed by atoms with E-state index in [9.17, 15) is 14.7 Å². The summed E-state index contributed by atoms with van der Waals surface area (Å²) in [6.07, 6.45) is 3.86. The summed E-state index contributed by atoms with van der Waals surface area (Å²) in [5, 5.41) is 11.9. The fourth-order valence-corrected chi connectivity index (χ4v) is 3.41. The molecule has 8 heteroatoms. The number of rotatable bonds is 5. The third kappa shape index (κ3) is 3.60. The molecule has 4 rings (SSSR count). The van der Waals surface area contributed by atoms with Gasteiger partial charge in [-0.05, 0) is 30.2 Å². The van der Waals surface area contributed by atoms with Gasteiger partial charge in [-0.25, -0.2) is 9.36 Å². The van der Waals surface area contributed by atoms with E-state index in [1.54, 1.807) is 24.3 Å². The number of aromatic amines is 2. The summed E-state index contributed by atoms with van der Waals surface area (Å²) in [6, 6.07) is 14.5. The predicted molar refractivity (Wildman–Crippen MR) is 114 cm³/mol. The standard InChI is InChI=1S/C21H17ClN4O3/c22-16-6-2-4-8-18(16)26-20(28)15(19(27)25-21(26)29)12-23-10-9-13-11-24-17-7-3-1-5-14(13)17/h1-8,11-12,24,28H,9-10H2,(H,25,27,29). The van der Waals surface area contributed by atoms with Crippen molar-refractivity contribution in [3.05, 3.63) is 91.7 Å². The molecule has 146 valence electrons. The van der Waals surface area contributed by atoms with Crippen LogP contribution in [0.25, 0.3) is 16.6 Å². The first-order valence-electron chi connectivity index (χ1n) is 8.94. The number of aromatic hydroxyl groups is 1. The molecule has 4 aromatic rings. The Morgan fingerprint density at radius 1 is 1.10 bits per heavy atom. The van der Waals surface area contributed by atoms with Crippen molar-refractivity contribution >= 4 is 28.7 Å². The Kier molecular flexibility index (Phi) is 5.05. The quantitative estimate of drug-likeness (QED) is 0.442. The Balaban J connectivity index is 1.62. The van der Waals surface area contributed by atoms with Crippen molar-refractivity contribution in [1.82, 2.24) is 14.5 Å². The Labute approximate surface area is 169 Å². The monoisotopic (exact) mass is 408 g/mol. The molecule has 0 radical (unpaired) electrons. The summed E-state index contributed by atoms with van der Waals surface area (Å²) in [5.41, 5.74) is 0.817. The van der Waals surface area contributed by atoms with Gasteiger partial charge in [0.05, 0.1) is 10.7 Å². The minimum absolute atomic E-state index is 0.108. The van der Waals surface area contributed by atoms with Crippen LogP contribution in [0.2, 0.25) is 5.02 Å². The molecule has 0 spiro atoms. The van der Waals surface area contributed by atoms with Gasteiger partial charge in [-0.15, -0.1) is 0 Å². The number of H-pyrrole nitrogens is 2. The van der Waals surface area contributed by atoms with Gasteiger partial charge in [0.25, 0.3) is 5.56 Å². The summed E-state index contributed by atoms with van der Waals surface area (Å²) in [6.45, 7) is 0.409. The molecule has 2 aromatic carbocycles. The second-order valence-corrected chi connectivity index (χ2v) is 6.84. The molecule has 7 nitrogen and oxygen atoms in total. The molecular weight excluding hydrogens is 392 g/mol. The van der Waals surface area contributed by atoms with Crippen molar-refractivity contribution < 1.29 is 5.11 Å². The highest BCUT2D eigenvalue weighted by Gasteiger charge is 2.15. The van der Waals surface area contributed by atoms with Crippen molar-refractivity contribution in [2.75, 3.05) is 6.54 Å². The van der Waals surface area contributed by atoms with Crippen LogP contribution >= 0.6 is 11.6 Å². The summed E-state index contributed by atoms with van der Waals surface area (Å²) in [4.78, 5) is 34.0. The van der Waals surface area contributed by atoms with Crippen LogP contribution in [0.15, 0.2) is 69.3 Å². The van der Waals surface area contributed by atoms with Crippen LogP contribution in [0.4, 0.5) is 0 Å². The number of aromatic nitrogens is 3. The zero-order chi connectivity index (χ0) is 20.4. The van der Waals surface area contributed by atoms with Gasteiger partial charge in [0.1, 0.15) is 5.56 Å². The average Bonchev–Trinajstić information content (AvgIpc) is 3.12. The van der Waals surface area contributed by atoms with Gasteiger partial charge in [0.2, 0.25) is 5.88 Å². The predicted octanol–water partition coefficient (Wildman–Crippen LogP) is 3.03. The maximum Gasteiger partial charge on any atom is 0.335 e. The number of hydrogen-bond donors (Lipinski definition) is 3. The average molecular weight is 409 g/mol. The topological polar surface area (TPSA) is 103 Å². The number of nitrogens with one attached hydrogen (secondary N) is 2. The first-order chi connectivity index (χ1) is 14.1. The molecule has 0 aliphatic rings. The van der Waals surface area contributed by atoms with Crippen molar-refractivity contribution in [2.45, 2.75) is 6.42 Å². The molecule has 2 heterocycles. The van der Waals surface area contributed by atoms with E-state index >= 15 is 0 Å². The van der Waals surface area contributed by atoms with E-state index in [0.717, 1.165) is 21.0 Å². The maximum absolute atomic E-state index is 12.2. The molecule has 0 amide bonds. The molecule has 0 saturated heterocycles. The number of fused-ring (bicyclic) bond motifs is 1. The number of nitrogens with zero attached hydrogens (tertiary/aromatic N) is 2. The van der Waals surface area contributed by atoms with Gasteiger partial charge in [0.15, 0.2) is 0 Å². The van der Waals surface area contributed by atoms with Crippen LogP contribution in [0, 0.1) is 0 Å². The Hall–Kier alpha value is -3.58. The first kappa shape index (κ1) is 18.8. The third-order valence-electron chi connectivity index (χ3n) is 4.62. The molecule has 3 N–H and O–H groups in total. The minimum Gasteiger partial charge on any atom is -0.493 e. The van der Waals surface area contributed by atoms with E-state index in [1.165, 1.54) is 6.21 Å². The van der Waals surface area contributed by atoms with Gasteiger partial charge in [-0.2, -0.15) is 0 Å². The van der Waals surface area contributed by atoms with Gasteiger partial charge >= 0.3 is 5.69 Å². The van der Waals surface area contributed by atoms with E-state index in [4.69, 9.17) is 11.6 Å². The van der Waals surface area contributed by atoms with Gasteiger partial charge < -0.3 is 10.1 Å². The largest absolute Gasteiger partial charge is 0.493 e. The molecule has 0 unspecified atom stereocenters. The van der Waals surface area contributed by atoms with E-state index < -0.39 is 17.1 Å². The lowest BCUT2D eigenvalue weighted by atomic mass is 10.1. The highest BCUT2D eigenvalue weighted by molar-refractivity contribution is 6.32. The van der Waals surface area contributed by atoms with Crippen molar-refractivity contribution in [3.8, 4) is 11.6 Å². The molecule has 0 aliphatic heterocycles. The van der Waals surface area contributed by atoms with Crippen LogP contribution in [0.3, 0.4) is 0 Å². The number of benzene rings is 2. The molecule has 2 aromatic heterocycles. The highest BCUT2D eigenvalue weighted by atomic mass is 35.5. The Morgan fingerprint density at radius 2 is 1.86 bits per heavy atom. The second-order valence-electron chi connectivity index (χ2n) is 6.43. The van der Waals surface area contributed by atoms with Gasteiger partial charge in [-0.1, -0.05) is 41.9 Å². The van der Waals surface area contributed by atoms with Crippen LogP contribution in [-0.2, 0) is 6.42 Å². The van der Waals surface area contributed by atoms with Crippen LogP contribution in [0.1, 0.15) is 11.1 Å². The van der Waals surface area contributed by atoms with Crippen LogP contribution in [0.5, 0.6) is 5.88 Å². The number of hydrogen-bond acceptors (Lipinski definition) is 4. The summed E-state index contributed by atoms with van der Waals surface area (Å²) in [5.74, 6) is -0.511. The smallest absolute Gasteiger partial charge is 0.335 e. The SMILES string of the molecule is O=c1[nH]c(=O)n(-c2ccccc2Cl)c(O)c1C=NCCc1c[nH]c2ccccc12. The molecule has 0 bridgehead atoms. The van der Waals surface area contributed by atoms with Crippen molar-refractivity contribution in [1.29, 1.82) is 0 Å². The van der Waals surface area contributed by atoms with E-state index in [2.05, 4.69) is 15.0 Å². The van der Waals surface area contributed by atoms with E-state index in [-0.39, 0.29) is 16.3 Å². The zero-order valence-electron chi connectivity index (χ0n) is 15.2. The van der Waals surface area contributed by atoms with Crippen LogP contribution < -0.4 is 11.2 Å². The van der Waals surface area contributed by atoms with Gasteiger partial charge in [0, 0.05) is 29.9 Å². The van der Waals surface area contributed by atoms with Crippen LogP contribution in [-0.4, -0.2) is 32.4 Å². The maximum atomic E-state index is 12.2. The third-order valence-corrected chi connectivity index (χ3v) is 4.94. The lowest BCUT2D eigenvalue weighted by molar-refractivity contribution is 0.430. The Morgan fingerprint density at radius 3 is 2.69 bits per heavy atom. The van der Waals surface area contributed by atoms with Crippen molar-refractivity contribution in [3.63, 3.8) is 0 Å². The summed E-state index contributed by atoms with van der Waals surface area (Å²) in [7, 11) is 0. The normalized spacial score (nSPS) is 11.5. The molecule has 29 heavy (non-hydrogen) atoms. The van der Waals surface area contributed by atoms with Crippen molar-refractivity contribution in [2.24, 2.45) is 4.99 Å². The number of para-hydroxylation sites is 2. The van der Waals surface area contributed by atoms with E-state index in [1.807, 2.05) is 30.5 Å². The molecular formula is C21H17ClN4O3. The zero-order valence-corrected chi connectivity index (χ0v) is 16.0. The summed E-state index contributed by atoms with van der Waals surface area (Å²) < 4.78 is 0.949. The molecule has 0 atom stereocenters. The summed E-state index contributed by atoms with van der Waals surface area (Å²) >= 11 is 6.13. The van der Waals surface area contributed by atoms with Gasteiger partial charge in [-0.3, -0.25) is 14.8 Å². The fourth-order valence-electron chi connectivity index (χ4n) is 3.19. The lowest BCUT2D eigenvalue weighted by Gasteiger charge is -2.10. The molecule has 0 fully saturated rings. The van der Waals surface area contributed by atoms with E-state index in [0.29, 0.717) is 13.0 Å². The first-order valence-corrected chi connectivity index (χ1v) is 9.32. The number of aliphatic imine (C=N–C) groups is 1. The lowest BCUT2D eigenvalue weighted by Crippen LogP contribution is -2.31. The number of halogens is 1. The second kappa shape index (κ2) is 7.81. The Bertz CT molecular complexity index is 1330.